The number of hydrogen-bond donors (Lipinski definition) is 1. The summed E-state index contributed by atoms with van der Waals surface area (Å²) in [6.45, 7) is 1.16. The minimum Gasteiger partial charge on any atom is -0.381 e. The molecule has 0 spiro atoms. The number of ether oxygens (including phenoxy) is 1. The number of halogens is 2. The van der Waals surface area contributed by atoms with E-state index in [4.69, 9.17) is 16.3 Å². The molecule has 2 aromatic carbocycles. The zero-order chi connectivity index (χ0) is 21.1. The molecule has 0 aromatic heterocycles. The summed E-state index contributed by atoms with van der Waals surface area (Å²) >= 11 is 6.08. The summed E-state index contributed by atoms with van der Waals surface area (Å²) in [5.74, 6) is -0.459. The molecule has 0 atom stereocenters. The second-order valence-corrected chi connectivity index (χ2v) is 9.81. The van der Waals surface area contributed by atoms with Gasteiger partial charge in [-0.1, -0.05) is 29.8 Å². The molecule has 1 saturated heterocycles. The first-order valence-electron chi connectivity index (χ1n) is 9.29. The molecule has 1 aliphatic heterocycles. The number of hydrogen-bond acceptors (Lipinski definition) is 4. The van der Waals surface area contributed by atoms with Gasteiger partial charge in [0, 0.05) is 26.0 Å². The summed E-state index contributed by atoms with van der Waals surface area (Å²) in [6.07, 6.45) is 2.61. The number of rotatable bonds is 6. The maximum Gasteiger partial charge on any atom is 0.226 e. The van der Waals surface area contributed by atoms with E-state index in [0.717, 1.165) is 11.8 Å². The molecule has 0 radical (unpaired) electrons. The SMILES string of the molecule is CS(=O)(=O)c1ccc(CNC(=O)C2(Cc3cccc(F)c3)CCOCC2)cc1Cl. The molecule has 1 heterocycles. The highest BCUT2D eigenvalue weighted by Crippen LogP contribution is 2.35. The summed E-state index contributed by atoms with van der Waals surface area (Å²) < 4.78 is 42.4. The van der Waals surface area contributed by atoms with Crippen molar-refractivity contribution in [3.05, 3.63) is 64.4 Å². The monoisotopic (exact) mass is 439 g/mol. The predicted octanol–water partition coefficient (Wildman–Crippen LogP) is 3.54. The summed E-state index contributed by atoms with van der Waals surface area (Å²) in [5, 5.41) is 3.06. The van der Waals surface area contributed by atoms with Gasteiger partial charge in [-0.25, -0.2) is 12.8 Å². The van der Waals surface area contributed by atoms with E-state index in [-0.39, 0.29) is 28.2 Å². The Morgan fingerprint density at radius 2 is 1.90 bits per heavy atom. The third kappa shape index (κ3) is 5.35. The smallest absolute Gasteiger partial charge is 0.226 e. The van der Waals surface area contributed by atoms with Crippen LogP contribution in [-0.4, -0.2) is 33.8 Å². The first-order valence-corrected chi connectivity index (χ1v) is 11.6. The van der Waals surface area contributed by atoms with Crippen LogP contribution in [0.3, 0.4) is 0 Å². The molecule has 156 valence electrons. The Labute approximate surface area is 175 Å². The van der Waals surface area contributed by atoms with E-state index in [0.29, 0.717) is 38.0 Å². The van der Waals surface area contributed by atoms with Crippen molar-refractivity contribution in [3.8, 4) is 0 Å². The van der Waals surface area contributed by atoms with Crippen molar-refractivity contribution in [1.82, 2.24) is 5.32 Å². The third-order valence-corrected chi connectivity index (χ3v) is 6.79. The fourth-order valence-corrected chi connectivity index (χ4v) is 4.96. The second-order valence-electron chi connectivity index (χ2n) is 7.42. The van der Waals surface area contributed by atoms with Crippen molar-refractivity contribution < 1.29 is 22.3 Å². The van der Waals surface area contributed by atoms with Crippen molar-refractivity contribution in [3.63, 3.8) is 0 Å². The van der Waals surface area contributed by atoms with Gasteiger partial charge in [0.25, 0.3) is 0 Å². The van der Waals surface area contributed by atoms with Crippen LogP contribution in [0.25, 0.3) is 0 Å². The van der Waals surface area contributed by atoms with Crippen molar-refractivity contribution in [2.45, 2.75) is 30.7 Å². The molecular formula is C21H23ClFNO4S. The van der Waals surface area contributed by atoms with E-state index in [2.05, 4.69) is 5.32 Å². The average molecular weight is 440 g/mol. The van der Waals surface area contributed by atoms with Crippen molar-refractivity contribution in [1.29, 1.82) is 0 Å². The molecule has 0 aliphatic carbocycles. The first-order chi connectivity index (χ1) is 13.7. The Kier molecular flexibility index (Phi) is 6.61. The van der Waals surface area contributed by atoms with Gasteiger partial charge in [0.05, 0.1) is 15.3 Å². The number of sulfone groups is 1. The van der Waals surface area contributed by atoms with Gasteiger partial charge in [-0.3, -0.25) is 4.79 Å². The van der Waals surface area contributed by atoms with Crippen LogP contribution in [0.2, 0.25) is 5.02 Å². The van der Waals surface area contributed by atoms with E-state index in [1.165, 1.54) is 18.2 Å². The van der Waals surface area contributed by atoms with Gasteiger partial charge < -0.3 is 10.1 Å². The zero-order valence-electron chi connectivity index (χ0n) is 16.1. The molecule has 0 bridgehead atoms. The van der Waals surface area contributed by atoms with E-state index >= 15 is 0 Å². The lowest BCUT2D eigenvalue weighted by atomic mass is 9.74. The predicted molar refractivity (Wildman–Crippen MR) is 109 cm³/mol. The largest absolute Gasteiger partial charge is 0.381 e. The molecule has 29 heavy (non-hydrogen) atoms. The van der Waals surface area contributed by atoms with Gasteiger partial charge in [-0.15, -0.1) is 0 Å². The highest BCUT2D eigenvalue weighted by Gasteiger charge is 2.40. The van der Waals surface area contributed by atoms with Crippen molar-refractivity contribution in [2.75, 3.05) is 19.5 Å². The third-order valence-electron chi connectivity index (χ3n) is 5.21. The quantitative estimate of drug-likeness (QED) is 0.747. The van der Waals surface area contributed by atoms with E-state index in [1.807, 2.05) is 6.07 Å². The molecule has 8 heteroatoms. The summed E-state index contributed by atoms with van der Waals surface area (Å²) in [7, 11) is -3.41. The Balaban J connectivity index is 1.75. The molecule has 2 aromatic rings. The zero-order valence-corrected chi connectivity index (χ0v) is 17.7. The standard InChI is InChI=1S/C21H23ClFNO4S/c1-29(26,27)19-6-5-16(12-18(19)22)14-24-20(25)21(7-9-28-10-8-21)13-15-3-2-4-17(23)11-15/h2-6,11-12H,7-10,13-14H2,1H3,(H,24,25). The molecule has 1 N–H and O–H groups in total. The van der Waals surface area contributed by atoms with Crippen LogP contribution < -0.4 is 5.32 Å². The number of nitrogens with one attached hydrogen (secondary N) is 1. The molecule has 5 nitrogen and oxygen atoms in total. The summed E-state index contributed by atoms with van der Waals surface area (Å²) in [5.41, 5.74) is 0.786. The lowest BCUT2D eigenvalue weighted by Crippen LogP contribution is -2.45. The molecule has 1 aliphatic rings. The van der Waals surface area contributed by atoms with Crippen LogP contribution in [0.5, 0.6) is 0 Å². The van der Waals surface area contributed by atoms with Gasteiger partial charge in [0.1, 0.15) is 5.82 Å². The Morgan fingerprint density at radius 1 is 1.17 bits per heavy atom. The molecule has 0 unspecified atom stereocenters. The van der Waals surface area contributed by atoms with Gasteiger partial charge >= 0.3 is 0 Å². The number of amides is 1. The fraction of sp³-hybridized carbons (Fsp3) is 0.381. The fourth-order valence-electron chi connectivity index (χ4n) is 3.61. The van der Waals surface area contributed by atoms with Crippen LogP contribution in [0.1, 0.15) is 24.0 Å². The second kappa shape index (κ2) is 8.81. The molecule has 1 fully saturated rings. The Bertz CT molecular complexity index is 1000. The van der Waals surface area contributed by atoms with Gasteiger partial charge in [-0.2, -0.15) is 0 Å². The summed E-state index contributed by atoms with van der Waals surface area (Å²) in [6, 6.07) is 10.9. The maximum atomic E-state index is 13.6. The van der Waals surface area contributed by atoms with Crippen molar-refractivity contribution in [2.24, 2.45) is 5.41 Å². The minimum atomic E-state index is -3.41. The van der Waals surface area contributed by atoms with E-state index < -0.39 is 15.3 Å². The Morgan fingerprint density at radius 3 is 2.52 bits per heavy atom. The molecule has 1 amide bonds. The number of carbonyl (C=O) groups is 1. The topological polar surface area (TPSA) is 72.5 Å². The molecule has 3 rings (SSSR count). The van der Waals surface area contributed by atoms with Gasteiger partial charge in [0.2, 0.25) is 5.91 Å². The molecular weight excluding hydrogens is 417 g/mol. The average Bonchev–Trinajstić information content (AvgIpc) is 2.66. The number of carbonyl (C=O) groups excluding carboxylic acids is 1. The summed E-state index contributed by atoms with van der Waals surface area (Å²) in [4.78, 5) is 13.2. The maximum absolute atomic E-state index is 13.6. The van der Waals surface area contributed by atoms with Crippen LogP contribution >= 0.6 is 11.6 Å². The lowest BCUT2D eigenvalue weighted by molar-refractivity contribution is -0.136. The highest BCUT2D eigenvalue weighted by molar-refractivity contribution is 7.90. The van der Waals surface area contributed by atoms with E-state index in [9.17, 15) is 17.6 Å². The highest BCUT2D eigenvalue weighted by atomic mass is 35.5. The minimum absolute atomic E-state index is 0.0567. The van der Waals surface area contributed by atoms with Crippen LogP contribution in [0.4, 0.5) is 4.39 Å². The van der Waals surface area contributed by atoms with E-state index in [1.54, 1.807) is 18.2 Å². The first kappa shape index (κ1) is 21.7. The molecule has 0 saturated carbocycles. The van der Waals surface area contributed by atoms with Crippen LogP contribution in [-0.2, 0) is 32.3 Å². The van der Waals surface area contributed by atoms with Gasteiger partial charge in [-0.05, 0) is 54.7 Å². The van der Waals surface area contributed by atoms with Crippen molar-refractivity contribution >= 4 is 27.3 Å². The normalized spacial score (nSPS) is 16.4. The number of benzene rings is 2. The Hall–Kier alpha value is -1.96. The lowest BCUT2D eigenvalue weighted by Gasteiger charge is -2.36. The van der Waals surface area contributed by atoms with Crippen LogP contribution in [0.15, 0.2) is 47.4 Å². The van der Waals surface area contributed by atoms with Crippen LogP contribution in [0, 0.1) is 11.2 Å². The van der Waals surface area contributed by atoms with Gasteiger partial charge in [0.15, 0.2) is 9.84 Å².